The fourth-order valence-corrected chi connectivity index (χ4v) is 4.23. The first-order valence-electron chi connectivity index (χ1n) is 8.64. The van der Waals surface area contributed by atoms with Gasteiger partial charge >= 0.3 is 0 Å². The molecule has 1 N–H and O–H groups in total. The molecular weight excluding hydrogens is 390 g/mol. The summed E-state index contributed by atoms with van der Waals surface area (Å²) in [6.45, 7) is 1.95. The number of rotatable bonds is 3. The van der Waals surface area contributed by atoms with E-state index in [0.717, 1.165) is 27.0 Å². The summed E-state index contributed by atoms with van der Waals surface area (Å²) < 4.78 is 2.32. The summed E-state index contributed by atoms with van der Waals surface area (Å²) in [5.74, 6) is -0.703. The third kappa shape index (κ3) is 3.34. The van der Waals surface area contributed by atoms with Crippen LogP contribution in [0.5, 0.6) is 0 Å². The maximum absolute atomic E-state index is 12.8. The average Bonchev–Trinajstić information content (AvgIpc) is 3.14. The Morgan fingerprint density at radius 2 is 1.86 bits per heavy atom. The Morgan fingerprint density at radius 3 is 2.61 bits per heavy atom. The minimum absolute atomic E-state index is 0.303. The topological polar surface area (TPSA) is 54.3 Å². The molecule has 2 amide bonds. The van der Waals surface area contributed by atoms with Crippen LogP contribution in [0.2, 0.25) is 0 Å². The fraction of sp³-hybridized carbons (Fsp3) is 0.0952. The summed E-state index contributed by atoms with van der Waals surface area (Å²) >= 11 is 6.49. The Bertz CT molecular complexity index is 1150. The van der Waals surface area contributed by atoms with Crippen LogP contribution in [0.15, 0.2) is 59.6 Å². The summed E-state index contributed by atoms with van der Waals surface area (Å²) in [6.07, 6.45) is 3.79. The molecule has 28 heavy (non-hydrogen) atoms. The van der Waals surface area contributed by atoms with Crippen molar-refractivity contribution in [2.24, 2.45) is 7.05 Å². The molecule has 2 aromatic carbocycles. The molecule has 0 radical (unpaired) electrons. The van der Waals surface area contributed by atoms with Crippen LogP contribution in [-0.2, 0) is 11.8 Å². The van der Waals surface area contributed by atoms with Crippen molar-refractivity contribution >= 4 is 57.1 Å². The Hall–Kier alpha value is -2.90. The quantitative estimate of drug-likeness (QED) is 0.526. The van der Waals surface area contributed by atoms with Crippen LogP contribution in [0.3, 0.4) is 0 Å². The second-order valence-electron chi connectivity index (χ2n) is 6.54. The van der Waals surface area contributed by atoms with Gasteiger partial charge in [-0.3, -0.25) is 15.0 Å². The molecule has 1 aliphatic heterocycles. The minimum Gasteiger partial charge on any atom is -0.350 e. The maximum atomic E-state index is 12.8. The Morgan fingerprint density at radius 1 is 1.14 bits per heavy atom. The number of thiocarbonyl (C=S) groups is 1. The molecule has 0 bridgehead atoms. The zero-order chi connectivity index (χ0) is 19.8. The van der Waals surface area contributed by atoms with Crippen LogP contribution >= 0.6 is 24.0 Å². The Labute approximate surface area is 172 Å². The monoisotopic (exact) mass is 407 g/mol. The summed E-state index contributed by atoms with van der Waals surface area (Å²) in [5, 5.41) is 2.19. The van der Waals surface area contributed by atoms with Crippen molar-refractivity contribution in [3.05, 3.63) is 76.3 Å². The van der Waals surface area contributed by atoms with Crippen LogP contribution in [0, 0.1) is 6.92 Å². The van der Waals surface area contributed by atoms with Crippen LogP contribution < -0.4 is 5.43 Å². The van der Waals surface area contributed by atoms with Crippen molar-refractivity contribution < 1.29 is 9.59 Å². The lowest BCUT2D eigenvalue weighted by molar-refractivity contribution is -0.123. The van der Waals surface area contributed by atoms with Gasteiger partial charge in [0.05, 0.1) is 4.91 Å². The van der Waals surface area contributed by atoms with Gasteiger partial charge in [-0.15, -0.1) is 0 Å². The summed E-state index contributed by atoms with van der Waals surface area (Å²) in [5.41, 5.74) is 6.15. The molecule has 2 heterocycles. The zero-order valence-electron chi connectivity index (χ0n) is 15.3. The SMILES string of the molecule is Cc1ccc(C(=O)NN2C(=O)/C(=C/c3cn(C)c4ccccc34)SC2=S)cc1. The first kappa shape index (κ1) is 18.5. The number of benzene rings is 2. The molecule has 3 aromatic rings. The smallest absolute Gasteiger partial charge is 0.285 e. The van der Waals surface area contributed by atoms with Crippen LogP contribution in [0.4, 0.5) is 0 Å². The van der Waals surface area contributed by atoms with E-state index >= 15 is 0 Å². The number of hydrogen-bond donors (Lipinski definition) is 1. The molecule has 5 nitrogen and oxygen atoms in total. The van der Waals surface area contributed by atoms with Gasteiger partial charge in [-0.05, 0) is 43.4 Å². The van der Waals surface area contributed by atoms with Crippen molar-refractivity contribution in [2.75, 3.05) is 0 Å². The van der Waals surface area contributed by atoms with Crippen molar-refractivity contribution in [3.63, 3.8) is 0 Å². The molecule has 1 saturated heterocycles. The van der Waals surface area contributed by atoms with Crippen LogP contribution in [0.25, 0.3) is 17.0 Å². The molecule has 0 atom stereocenters. The van der Waals surface area contributed by atoms with Crippen molar-refractivity contribution in [1.82, 2.24) is 15.0 Å². The standard InChI is InChI=1S/C21H17N3O2S2/c1-13-7-9-14(10-8-13)19(25)22-24-20(26)18(28-21(24)27)11-15-12-23(2)17-6-4-3-5-16(15)17/h3-12H,1-2H3,(H,22,25)/b18-11-. The number of para-hydroxylation sites is 1. The van der Waals surface area contributed by atoms with E-state index in [9.17, 15) is 9.59 Å². The highest BCUT2D eigenvalue weighted by atomic mass is 32.2. The van der Waals surface area contributed by atoms with Gasteiger partial charge in [-0.25, -0.2) is 0 Å². The molecule has 1 aromatic heterocycles. The zero-order valence-corrected chi connectivity index (χ0v) is 16.9. The van der Waals surface area contributed by atoms with Crippen LogP contribution in [-0.4, -0.2) is 25.7 Å². The Kier molecular flexibility index (Phi) is 4.78. The molecule has 0 unspecified atom stereocenters. The number of hydrazine groups is 1. The van der Waals surface area contributed by atoms with E-state index < -0.39 is 0 Å². The minimum atomic E-state index is -0.372. The lowest BCUT2D eigenvalue weighted by Crippen LogP contribution is -2.44. The molecule has 4 rings (SSSR count). The Balaban J connectivity index is 1.59. The molecule has 1 aliphatic rings. The number of carbonyl (C=O) groups is 2. The lowest BCUT2D eigenvalue weighted by atomic mass is 10.1. The van der Waals surface area contributed by atoms with Crippen molar-refractivity contribution in [1.29, 1.82) is 0 Å². The van der Waals surface area contributed by atoms with E-state index in [-0.39, 0.29) is 11.8 Å². The molecule has 0 aliphatic carbocycles. The molecule has 140 valence electrons. The number of nitrogens with one attached hydrogen (secondary N) is 1. The number of amides is 2. The highest BCUT2D eigenvalue weighted by molar-refractivity contribution is 8.26. The first-order chi connectivity index (χ1) is 13.4. The third-order valence-corrected chi connectivity index (χ3v) is 5.84. The van der Waals surface area contributed by atoms with Gasteiger partial charge in [0.1, 0.15) is 0 Å². The maximum Gasteiger partial charge on any atom is 0.285 e. The highest BCUT2D eigenvalue weighted by Crippen LogP contribution is 2.33. The summed E-state index contributed by atoms with van der Waals surface area (Å²) in [6, 6.07) is 15.1. The first-order valence-corrected chi connectivity index (χ1v) is 9.86. The number of thioether (sulfide) groups is 1. The number of carbonyl (C=O) groups excluding carboxylic acids is 2. The molecule has 0 saturated carbocycles. The van der Waals surface area contributed by atoms with Gasteiger partial charge in [0.2, 0.25) is 0 Å². The van der Waals surface area contributed by atoms with E-state index in [1.807, 2.05) is 67.2 Å². The third-order valence-electron chi connectivity index (χ3n) is 4.54. The van der Waals surface area contributed by atoms with Gasteiger partial charge < -0.3 is 4.57 Å². The number of fused-ring (bicyclic) bond motifs is 1. The molecule has 1 fully saturated rings. The van der Waals surface area contributed by atoms with Gasteiger partial charge in [0.15, 0.2) is 4.32 Å². The number of hydrogen-bond acceptors (Lipinski definition) is 4. The van der Waals surface area contributed by atoms with E-state index in [2.05, 4.69) is 5.43 Å². The van der Waals surface area contributed by atoms with Gasteiger partial charge in [0, 0.05) is 35.3 Å². The predicted octanol–water partition coefficient (Wildman–Crippen LogP) is 4.03. The van der Waals surface area contributed by atoms with Gasteiger partial charge in [0.25, 0.3) is 11.8 Å². The number of aryl methyl sites for hydroxylation is 2. The van der Waals surface area contributed by atoms with E-state index in [1.165, 1.54) is 11.8 Å². The van der Waals surface area contributed by atoms with Gasteiger partial charge in [-0.2, -0.15) is 5.01 Å². The average molecular weight is 408 g/mol. The molecular formula is C21H17N3O2S2. The normalized spacial score (nSPS) is 15.6. The molecule has 0 spiro atoms. The summed E-state index contributed by atoms with van der Waals surface area (Å²) in [4.78, 5) is 25.7. The molecule has 7 heteroatoms. The van der Waals surface area contributed by atoms with E-state index in [4.69, 9.17) is 12.2 Å². The fourth-order valence-electron chi connectivity index (χ4n) is 3.06. The van der Waals surface area contributed by atoms with Crippen LogP contribution in [0.1, 0.15) is 21.5 Å². The lowest BCUT2D eigenvalue weighted by Gasteiger charge is -2.15. The second kappa shape index (κ2) is 7.26. The summed E-state index contributed by atoms with van der Waals surface area (Å²) in [7, 11) is 1.96. The van der Waals surface area contributed by atoms with Crippen molar-refractivity contribution in [3.8, 4) is 0 Å². The second-order valence-corrected chi connectivity index (χ2v) is 8.21. The van der Waals surface area contributed by atoms with Gasteiger partial charge in [-0.1, -0.05) is 47.7 Å². The predicted molar refractivity (Wildman–Crippen MR) is 117 cm³/mol. The number of aromatic nitrogens is 1. The number of nitrogens with zero attached hydrogens (tertiary/aromatic N) is 2. The largest absolute Gasteiger partial charge is 0.350 e. The van der Waals surface area contributed by atoms with E-state index in [1.54, 1.807) is 12.1 Å². The highest BCUT2D eigenvalue weighted by Gasteiger charge is 2.34. The van der Waals surface area contributed by atoms with Crippen molar-refractivity contribution in [2.45, 2.75) is 6.92 Å². The van der Waals surface area contributed by atoms with E-state index in [0.29, 0.717) is 14.8 Å².